The summed E-state index contributed by atoms with van der Waals surface area (Å²) in [6.07, 6.45) is 3.90. The maximum Gasteiger partial charge on any atom is 0.141 e. The molecule has 0 aliphatic rings. The zero-order valence-corrected chi connectivity index (χ0v) is 10.7. The average molecular weight is 276 g/mol. The molecule has 0 amide bonds. The fourth-order valence-electron chi connectivity index (χ4n) is 1.87. The number of imidazole rings is 1. The van der Waals surface area contributed by atoms with Gasteiger partial charge in [0.2, 0.25) is 0 Å². The van der Waals surface area contributed by atoms with E-state index in [9.17, 15) is 4.39 Å². The van der Waals surface area contributed by atoms with Crippen LogP contribution in [0.1, 0.15) is 5.69 Å². The second-order valence-corrected chi connectivity index (χ2v) is 4.59. The first-order chi connectivity index (χ1) is 9.22. The van der Waals surface area contributed by atoms with E-state index in [2.05, 4.69) is 10.3 Å². The molecule has 3 nitrogen and oxygen atoms in total. The fourth-order valence-corrected chi connectivity index (χ4v) is 2.05. The van der Waals surface area contributed by atoms with Crippen LogP contribution in [0.3, 0.4) is 0 Å². The van der Waals surface area contributed by atoms with Crippen molar-refractivity contribution in [1.29, 1.82) is 0 Å². The van der Waals surface area contributed by atoms with Crippen molar-refractivity contribution in [3.05, 3.63) is 65.3 Å². The molecule has 2 aromatic heterocycles. The zero-order valence-electron chi connectivity index (χ0n) is 9.98. The number of halogens is 2. The highest BCUT2D eigenvalue weighted by atomic mass is 35.5. The standard InChI is InChI=1S/C14H11ClFN3/c15-12-7-10(4-5-13(12)16)17-8-11-9-19-6-2-1-3-14(19)18-11/h1-7,9,17H,8H2. The van der Waals surface area contributed by atoms with Gasteiger partial charge in [0.25, 0.3) is 0 Å². The van der Waals surface area contributed by atoms with E-state index in [1.165, 1.54) is 6.07 Å². The van der Waals surface area contributed by atoms with E-state index in [1.54, 1.807) is 12.1 Å². The van der Waals surface area contributed by atoms with Gasteiger partial charge in [-0.1, -0.05) is 17.7 Å². The van der Waals surface area contributed by atoms with E-state index in [0.717, 1.165) is 17.0 Å². The summed E-state index contributed by atoms with van der Waals surface area (Å²) in [6, 6.07) is 10.4. The summed E-state index contributed by atoms with van der Waals surface area (Å²) in [5, 5.41) is 3.27. The fraction of sp³-hybridized carbons (Fsp3) is 0.0714. The highest BCUT2D eigenvalue weighted by Crippen LogP contribution is 2.19. The molecule has 0 saturated carbocycles. The summed E-state index contributed by atoms with van der Waals surface area (Å²) in [5.74, 6) is -0.417. The Morgan fingerprint density at radius 3 is 2.95 bits per heavy atom. The molecule has 0 atom stereocenters. The molecule has 1 aromatic carbocycles. The number of anilines is 1. The molecule has 0 radical (unpaired) electrons. The molecule has 19 heavy (non-hydrogen) atoms. The third-order valence-corrected chi connectivity index (χ3v) is 3.10. The summed E-state index contributed by atoms with van der Waals surface area (Å²) < 4.78 is 15.0. The Morgan fingerprint density at radius 1 is 1.26 bits per heavy atom. The van der Waals surface area contributed by atoms with Crippen molar-refractivity contribution in [3.8, 4) is 0 Å². The Balaban J connectivity index is 1.76. The SMILES string of the molecule is Fc1ccc(NCc2cn3ccccc3n2)cc1Cl. The van der Waals surface area contributed by atoms with Crippen LogP contribution >= 0.6 is 11.6 Å². The van der Waals surface area contributed by atoms with E-state index in [1.807, 2.05) is 35.0 Å². The van der Waals surface area contributed by atoms with E-state index in [-0.39, 0.29) is 5.02 Å². The number of hydrogen-bond donors (Lipinski definition) is 1. The van der Waals surface area contributed by atoms with Crippen molar-refractivity contribution in [2.45, 2.75) is 6.54 Å². The van der Waals surface area contributed by atoms with Gasteiger partial charge in [-0.3, -0.25) is 0 Å². The number of benzene rings is 1. The number of pyridine rings is 1. The summed E-state index contributed by atoms with van der Waals surface area (Å²) in [6.45, 7) is 0.559. The third kappa shape index (κ3) is 2.53. The lowest BCUT2D eigenvalue weighted by Gasteiger charge is -2.04. The first-order valence-electron chi connectivity index (χ1n) is 5.84. The Morgan fingerprint density at radius 2 is 2.16 bits per heavy atom. The Labute approximate surface area is 114 Å². The van der Waals surface area contributed by atoms with Crippen molar-refractivity contribution >= 4 is 22.9 Å². The number of rotatable bonds is 3. The molecule has 0 saturated heterocycles. The molecule has 3 rings (SSSR count). The van der Waals surface area contributed by atoms with Gasteiger partial charge in [-0.15, -0.1) is 0 Å². The highest BCUT2D eigenvalue weighted by Gasteiger charge is 2.03. The van der Waals surface area contributed by atoms with Crippen LogP contribution in [0.25, 0.3) is 5.65 Å². The number of fused-ring (bicyclic) bond motifs is 1. The monoisotopic (exact) mass is 275 g/mol. The van der Waals surface area contributed by atoms with Crippen molar-refractivity contribution in [2.24, 2.45) is 0 Å². The normalized spacial score (nSPS) is 10.8. The molecular formula is C14H11ClFN3. The van der Waals surface area contributed by atoms with Crippen LogP contribution < -0.4 is 5.32 Å². The minimum absolute atomic E-state index is 0.111. The van der Waals surface area contributed by atoms with Gasteiger partial charge in [-0.2, -0.15) is 0 Å². The molecule has 96 valence electrons. The van der Waals surface area contributed by atoms with Gasteiger partial charge in [0, 0.05) is 18.1 Å². The van der Waals surface area contributed by atoms with Crippen molar-refractivity contribution < 1.29 is 4.39 Å². The third-order valence-electron chi connectivity index (χ3n) is 2.81. The lowest BCUT2D eigenvalue weighted by Crippen LogP contribution is -1.99. The first-order valence-corrected chi connectivity index (χ1v) is 6.22. The summed E-state index contributed by atoms with van der Waals surface area (Å²) in [7, 11) is 0. The topological polar surface area (TPSA) is 29.3 Å². The number of hydrogen-bond acceptors (Lipinski definition) is 2. The van der Waals surface area contributed by atoms with Gasteiger partial charge >= 0.3 is 0 Å². The number of aromatic nitrogens is 2. The molecule has 0 spiro atoms. The first kappa shape index (κ1) is 12.0. The van der Waals surface area contributed by atoms with Gasteiger partial charge < -0.3 is 9.72 Å². The molecular weight excluding hydrogens is 265 g/mol. The van der Waals surface area contributed by atoms with Gasteiger partial charge in [0.15, 0.2) is 0 Å². The summed E-state index contributed by atoms with van der Waals surface area (Å²) >= 11 is 5.73. The Kier molecular flexibility index (Phi) is 3.09. The lowest BCUT2D eigenvalue weighted by atomic mass is 10.3. The second kappa shape index (κ2) is 4.90. The molecule has 0 aliphatic carbocycles. The van der Waals surface area contributed by atoms with Crippen LogP contribution in [0, 0.1) is 5.82 Å². The zero-order chi connectivity index (χ0) is 13.2. The molecule has 2 heterocycles. The maximum atomic E-state index is 13.0. The molecule has 5 heteroatoms. The predicted octanol–water partition coefficient (Wildman–Crippen LogP) is 3.74. The number of nitrogens with one attached hydrogen (secondary N) is 1. The van der Waals surface area contributed by atoms with E-state index >= 15 is 0 Å². The van der Waals surface area contributed by atoms with E-state index in [4.69, 9.17) is 11.6 Å². The maximum absolute atomic E-state index is 13.0. The molecule has 0 bridgehead atoms. The predicted molar refractivity (Wildman–Crippen MR) is 73.9 cm³/mol. The van der Waals surface area contributed by atoms with Crippen molar-refractivity contribution in [2.75, 3.05) is 5.32 Å². The minimum Gasteiger partial charge on any atom is -0.379 e. The van der Waals surface area contributed by atoms with E-state index in [0.29, 0.717) is 6.54 Å². The van der Waals surface area contributed by atoms with Crippen LogP contribution in [0.2, 0.25) is 5.02 Å². The quantitative estimate of drug-likeness (QED) is 0.789. The van der Waals surface area contributed by atoms with Crippen LogP contribution in [0.5, 0.6) is 0 Å². The van der Waals surface area contributed by atoms with Crippen LogP contribution in [-0.2, 0) is 6.54 Å². The van der Waals surface area contributed by atoms with Gasteiger partial charge in [0.1, 0.15) is 11.5 Å². The number of nitrogens with zero attached hydrogens (tertiary/aromatic N) is 2. The molecule has 0 aliphatic heterocycles. The van der Waals surface area contributed by atoms with Gasteiger partial charge in [0.05, 0.1) is 17.3 Å². The second-order valence-electron chi connectivity index (χ2n) is 4.18. The Hall–Kier alpha value is -2.07. The smallest absolute Gasteiger partial charge is 0.141 e. The lowest BCUT2D eigenvalue weighted by molar-refractivity contribution is 0.628. The van der Waals surface area contributed by atoms with Crippen LogP contribution in [-0.4, -0.2) is 9.38 Å². The largest absolute Gasteiger partial charge is 0.379 e. The summed E-state index contributed by atoms with van der Waals surface area (Å²) in [4.78, 5) is 4.46. The average Bonchev–Trinajstić information content (AvgIpc) is 2.83. The summed E-state index contributed by atoms with van der Waals surface area (Å²) in [5.41, 5.74) is 2.58. The molecule has 0 unspecified atom stereocenters. The molecule has 0 fully saturated rings. The van der Waals surface area contributed by atoms with Crippen LogP contribution in [0.15, 0.2) is 48.8 Å². The van der Waals surface area contributed by atoms with Gasteiger partial charge in [-0.05, 0) is 30.3 Å². The molecule has 3 aromatic rings. The minimum atomic E-state index is -0.417. The van der Waals surface area contributed by atoms with Crippen molar-refractivity contribution in [3.63, 3.8) is 0 Å². The molecule has 1 N–H and O–H groups in total. The van der Waals surface area contributed by atoms with Crippen LogP contribution in [0.4, 0.5) is 10.1 Å². The highest BCUT2D eigenvalue weighted by molar-refractivity contribution is 6.31. The van der Waals surface area contributed by atoms with Crippen molar-refractivity contribution in [1.82, 2.24) is 9.38 Å². The van der Waals surface area contributed by atoms with Gasteiger partial charge in [-0.25, -0.2) is 9.37 Å². The van der Waals surface area contributed by atoms with E-state index < -0.39 is 5.82 Å². The Bertz CT molecular complexity index is 691.